The quantitative estimate of drug-likeness (QED) is 0.746. The number of rotatable bonds is 5. The van der Waals surface area contributed by atoms with Crippen LogP contribution in [0.2, 0.25) is 0 Å². The van der Waals surface area contributed by atoms with Crippen molar-refractivity contribution in [2.45, 2.75) is 19.1 Å². The maximum absolute atomic E-state index is 8.82. The van der Waals surface area contributed by atoms with Crippen molar-refractivity contribution >= 4 is 0 Å². The van der Waals surface area contributed by atoms with Crippen LogP contribution in [-0.2, 0) is 6.61 Å². The van der Waals surface area contributed by atoms with Crippen molar-refractivity contribution in [3.8, 4) is 11.8 Å². The lowest BCUT2D eigenvalue weighted by Gasteiger charge is -2.07. The highest BCUT2D eigenvalue weighted by Gasteiger charge is 2.00. The van der Waals surface area contributed by atoms with Gasteiger partial charge in [0.25, 0.3) is 0 Å². The predicted octanol–water partition coefficient (Wildman–Crippen LogP) is 0.799. The minimum Gasteiger partial charge on any atom is -0.493 e. The monoisotopic (exact) mass is 206 g/mol. The second-order valence-corrected chi connectivity index (χ2v) is 3.17. The van der Waals surface area contributed by atoms with Crippen molar-refractivity contribution < 1.29 is 9.84 Å². The summed E-state index contributed by atoms with van der Waals surface area (Å²) in [6, 6.07) is 8.61. The normalized spacial score (nSPS) is 11.8. The molecular weight excluding hydrogens is 192 g/mol. The minimum atomic E-state index is -0.471. The molecule has 0 fully saturated rings. The number of aliphatic hydroxyl groups is 1. The van der Waals surface area contributed by atoms with Crippen LogP contribution in [0.1, 0.15) is 12.0 Å². The Bertz CT molecular complexity index is 329. The summed E-state index contributed by atoms with van der Waals surface area (Å²) < 4.78 is 5.37. The van der Waals surface area contributed by atoms with Gasteiger partial charge in [-0.15, -0.1) is 0 Å². The van der Waals surface area contributed by atoms with Gasteiger partial charge in [-0.2, -0.15) is 5.26 Å². The van der Waals surface area contributed by atoms with Gasteiger partial charge in [0.15, 0.2) is 0 Å². The molecule has 4 nitrogen and oxygen atoms in total. The highest BCUT2D eigenvalue weighted by Crippen LogP contribution is 2.12. The molecule has 4 heteroatoms. The maximum atomic E-state index is 8.82. The van der Waals surface area contributed by atoms with Crippen molar-refractivity contribution in [2.24, 2.45) is 5.73 Å². The summed E-state index contributed by atoms with van der Waals surface area (Å²) in [5.41, 5.74) is 6.25. The zero-order chi connectivity index (χ0) is 11.1. The van der Waals surface area contributed by atoms with E-state index >= 15 is 0 Å². The van der Waals surface area contributed by atoms with E-state index in [-0.39, 0.29) is 6.61 Å². The molecule has 0 aliphatic heterocycles. The van der Waals surface area contributed by atoms with Crippen LogP contribution < -0.4 is 10.5 Å². The van der Waals surface area contributed by atoms with Crippen molar-refractivity contribution in [2.75, 3.05) is 6.61 Å². The van der Waals surface area contributed by atoms with E-state index in [1.54, 1.807) is 24.3 Å². The number of benzene rings is 1. The SMILES string of the molecule is N#CC(N)CCOc1ccc(CO)cc1. The Balaban J connectivity index is 2.35. The van der Waals surface area contributed by atoms with Crippen molar-refractivity contribution in [3.63, 3.8) is 0 Å². The molecular formula is C11H14N2O2. The van der Waals surface area contributed by atoms with Crippen LogP contribution in [0.5, 0.6) is 5.75 Å². The predicted molar refractivity (Wildman–Crippen MR) is 56.1 cm³/mol. The molecule has 0 spiro atoms. The van der Waals surface area contributed by atoms with Gasteiger partial charge in [-0.05, 0) is 17.7 Å². The van der Waals surface area contributed by atoms with E-state index < -0.39 is 6.04 Å². The first-order valence-electron chi connectivity index (χ1n) is 4.74. The number of hydrogen-bond donors (Lipinski definition) is 2. The molecule has 0 amide bonds. The second kappa shape index (κ2) is 6.02. The number of nitrogens with two attached hydrogens (primary N) is 1. The third kappa shape index (κ3) is 3.98. The first-order valence-corrected chi connectivity index (χ1v) is 4.74. The molecule has 0 heterocycles. The van der Waals surface area contributed by atoms with E-state index in [1.807, 2.05) is 6.07 Å². The summed E-state index contributed by atoms with van der Waals surface area (Å²) in [5.74, 6) is 0.720. The Hall–Kier alpha value is -1.57. The molecule has 3 N–H and O–H groups in total. The van der Waals surface area contributed by atoms with Crippen molar-refractivity contribution in [3.05, 3.63) is 29.8 Å². The molecule has 0 radical (unpaired) electrons. The third-order valence-corrected chi connectivity index (χ3v) is 1.97. The zero-order valence-electron chi connectivity index (χ0n) is 8.39. The van der Waals surface area contributed by atoms with Gasteiger partial charge in [-0.1, -0.05) is 12.1 Å². The summed E-state index contributed by atoms with van der Waals surface area (Å²) in [5, 5.41) is 17.3. The highest BCUT2D eigenvalue weighted by molar-refractivity contribution is 5.26. The van der Waals surface area contributed by atoms with Crippen LogP contribution in [0, 0.1) is 11.3 Å². The highest BCUT2D eigenvalue weighted by atomic mass is 16.5. The first kappa shape index (κ1) is 11.5. The first-order chi connectivity index (χ1) is 7.26. The molecule has 1 aromatic carbocycles. The van der Waals surface area contributed by atoms with Gasteiger partial charge < -0.3 is 15.6 Å². The van der Waals surface area contributed by atoms with E-state index in [0.29, 0.717) is 13.0 Å². The molecule has 15 heavy (non-hydrogen) atoms. The molecule has 0 aromatic heterocycles. The van der Waals surface area contributed by atoms with Gasteiger partial charge in [0.05, 0.1) is 25.3 Å². The van der Waals surface area contributed by atoms with Gasteiger partial charge in [0.2, 0.25) is 0 Å². The minimum absolute atomic E-state index is 0.0274. The van der Waals surface area contributed by atoms with Crippen LogP contribution in [0.25, 0.3) is 0 Å². The van der Waals surface area contributed by atoms with Gasteiger partial charge in [-0.3, -0.25) is 0 Å². The molecule has 0 aliphatic rings. The lowest BCUT2D eigenvalue weighted by molar-refractivity contribution is 0.281. The zero-order valence-corrected chi connectivity index (χ0v) is 8.39. The van der Waals surface area contributed by atoms with Gasteiger partial charge in [0.1, 0.15) is 5.75 Å². The molecule has 0 saturated carbocycles. The standard InChI is InChI=1S/C11H14N2O2/c12-7-10(13)5-6-15-11-3-1-9(8-14)2-4-11/h1-4,10,14H,5-6,8,13H2. The smallest absolute Gasteiger partial charge is 0.119 e. The van der Waals surface area contributed by atoms with E-state index in [4.69, 9.17) is 20.8 Å². The Kier molecular flexibility index (Phi) is 4.61. The van der Waals surface area contributed by atoms with Crippen molar-refractivity contribution in [1.29, 1.82) is 5.26 Å². The maximum Gasteiger partial charge on any atom is 0.119 e. The molecule has 0 aliphatic carbocycles. The Morgan fingerprint density at radius 3 is 2.60 bits per heavy atom. The fourth-order valence-corrected chi connectivity index (χ4v) is 1.06. The number of hydrogen-bond acceptors (Lipinski definition) is 4. The molecule has 1 rings (SSSR count). The Labute approximate surface area is 88.9 Å². The van der Waals surface area contributed by atoms with Crippen LogP contribution in [0.15, 0.2) is 24.3 Å². The summed E-state index contributed by atoms with van der Waals surface area (Å²) in [6.07, 6.45) is 0.512. The van der Waals surface area contributed by atoms with Crippen molar-refractivity contribution in [1.82, 2.24) is 0 Å². The van der Waals surface area contributed by atoms with Crippen LogP contribution in [0.3, 0.4) is 0 Å². The average Bonchev–Trinajstić information content (AvgIpc) is 2.29. The van der Waals surface area contributed by atoms with E-state index in [0.717, 1.165) is 11.3 Å². The lowest BCUT2D eigenvalue weighted by atomic mass is 10.2. The molecule has 0 bridgehead atoms. The average molecular weight is 206 g/mol. The lowest BCUT2D eigenvalue weighted by Crippen LogP contribution is -2.20. The Morgan fingerprint density at radius 1 is 1.40 bits per heavy atom. The molecule has 1 unspecified atom stereocenters. The summed E-state index contributed by atoms with van der Waals surface area (Å²) >= 11 is 0. The fraction of sp³-hybridized carbons (Fsp3) is 0.364. The number of nitriles is 1. The van der Waals surface area contributed by atoms with E-state index in [1.165, 1.54) is 0 Å². The van der Waals surface area contributed by atoms with Crippen LogP contribution >= 0.6 is 0 Å². The Morgan fingerprint density at radius 2 is 2.07 bits per heavy atom. The van der Waals surface area contributed by atoms with Crippen LogP contribution in [-0.4, -0.2) is 17.8 Å². The molecule has 0 saturated heterocycles. The molecule has 1 atom stereocenters. The topological polar surface area (TPSA) is 79.3 Å². The summed E-state index contributed by atoms with van der Waals surface area (Å²) in [6.45, 7) is 0.451. The van der Waals surface area contributed by atoms with Gasteiger partial charge >= 0.3 is 0 Å². The fourth-order valence-electron chi connectivity index (χ4n) is 1.06. The molecule has 1 aromatic rings. The molecule has 80 valence electrons. The number of aliphatic hydroxyl groups excluding tert-OH is 1. The number of nitrogens with zero attached hydrogens (tertiary/aromatic N) is 1. The third-order valence-electron chi connectivity index (χ3n) is 1.97. The summed E-state index contributed by atoms with van der Waals surface area (Å²) in [4.78, 5) is 0. The van der Waals surface area contributed by atoms with E-state index in [9.17, 15) is 0 Å². The summed E-state index contributed by atoms with van der Waals surface area (Å²) in [7, 11) is 0. The van der Waals surface area contributed by atoms with Crippen LogP contribution in [0.4, 0.5) is 0 Å². The largest absolute Gasteiger partial charge is 0.493 e. The number of ether oxygens (including phenoxy) is 1. The van der Waals surface area contributed by atoms with E-state index in [2.05, 4.69) is 0 Å². The van der Waals surface area contributed by atoms with Gasteiger partial charge in [0, 0.05) is 6.42 Å². The second-order valence-electron chi connectivity index (χ2n) is 3.17. The van der Waals surface area contributed by atoms with Gasteiger partial charge in [-0.25, -0.2) is 0 Å².